The number of hydrogen-bond donors (Lipinski definition) is 1. The van der Waals surface area contributed by atoms with E-state index in [-0.39, 0.29) is 24.5 Å². The molecule has 0 aliphatic carbocycles. The van der Waals surface area contributed by atoms with E-state index in [0.29, 0.717) is 28.9 Å². The summed E-state index contributed by atoms with van der Waals surface area (Å²) in [5, 5.41) is 6.67. The molecule has 1 aromatic heterocycles. The minimum absolute atomic E-state index is 0.0211. The third-order valence-electron chi connectivity index (χ3n) is 4.64. The number of ether oxygens (including phenoxy) is 1. The Morgan fingerprint density at radius 3 is 2.57 bits per heavy atom. The van der Waals surface area contributed by atoms with E-state index >= 15 is 0 Å². The smallest absolute Gasteiger partial charge is 0.387 e. The number of rotatable bonds is 8. The van der Waals surface area contributed by atoms with E-state index in [9.17, 15) is 13.6 Å². The quantitative estimate of drug-likeness (QED) is 0.537. The lowest BCUT2D eigenvalue weighted by molar-refractivity contribution is -0.116. The number of halogens is 2. The molecule has 3 rings (SSSR count). The van der Waals surface area contributed by atoms with E-state index in [2.05, 4.69) is 34.0 Å². The molecule has 0 atom stereocenters. The molecule has 1 amide bonds. The summed E-state index contributed by atoms with van der Waals surface area (Å²) >= 11 is 0. The van der Waals surface area contributed by atoms with E-state index in [0.717, 1.165) is 5.56 Å². The van der Waals surface area contributed by atoms with Crippen LogP contribution in [0.15, 0.2) is 47.0 Å². The second-order valence-electron chi connectivity index (χ2n) is 7.14. The third-order valence-corrected chi connectivity index (χ3v) is 4.64. The van der Waals surface area contributed by atoms with E-state index in [1.165, 1.54) is 17.7 Å². The molecular formula is C22H23F2N3O3. The number of carbonyl (C=O) groups excluding carboxylic acids is 1. The summed E-state index contributed by atoms with van der Waals surface area (Å²) in [5.74, 6) is 0.971. The van der Waals surface area contributed by atoms with Gasteiger partial charge in [0.25, 0.3) is 0 Å². The molecule has 1 N–H and O–H groups in total. The maximum atomic E-state index is 12.4. The minimum Gasteiger partial charge on any atom is -0.434 e. The molecule has 0 bridgehead atoms. The number of alkyl halides is 2. The molecule has 158 valence electrons. The van der Waals surface area contributed by atoms with Crippen LogP contribution in [0.1, 0.15) is 43.2 Å². The fourth-order valence-corrected chi connectivity index (χ4v) is 2.90. The lowest BCUT2D eigenvalue weighted by atomic mass is 10.0. The number of nitrogens with zero attached hydrogens (tertiary/aromatic N) is 2. The largest absolute Gasteiger partial charge is 0.434 e. The fourth-order valence-electron chi connectivity index (χ4n) is 2.90. The van der Waals surface area contributed by atoms with Gasteiger partial charge in [0.05, 0.1) is 0 Å². The van der Waals surface area contributed by atoms with Crippen LogP contribution in [-0.2, 0) is 11.2 Å². The fraction of sp³-hybridized carbons (Fsp3) is 0.318. The van der Waals surface area contributed by atoms with Crippen LogP contribution in [0.2, 0.25) is 0 Å². The topological polar surface area (TPSA) is 77.3 Å². The third kappa shape index (κ3) is 5.40. The first-order chi connectivity index (χ1) is 14.3. The molecule has 0 spiro atoms. The van der Waals surface area contributed by atoms with Gasteiger partial charge in [0.2, 0.25) is 17.6 Å². The first-order valence-electron chi connectivity index (χ1n) is 9.60. The van der Waals surface area contributed by atoms with Crippen molar-refractivity contribution in [1.82, 2.24) is 10.1 Å². The van der Waals surface area contributed by atoms with Gasteiger partial charge in [0.15, 0.2) is 0 Å². The molecule has 8 heteroatoms. The van der Waals surface area contributed by atoms with Crippen molar-refractivity contribution in [3.63, 3.8) is 0 Å². The maximum Gasteiger partial charge on any atom is 0.387 e. The lowest BCUT2D eigenvalue weighted by Gasteiger charge is -2.12. The highest BCUT2D eigenvalue weighted by atomic mass is 19.3. The Labute approximate surface area is 173 Å². The number of benzene rings is 2. The highest BCUT2D eigenvalue weighted by Gasteiger charge is 2.14. The van der Waals surface area contributed by atoms with E-state index < -0.39 is 6.61 Å². The van der Waals surface area contributed by atoms with Crippen LogP contribution < -0.4 is 10.1 Å². The van der Waals surface area contributed by atoms with Gasteiger partial charge in [-0.05, 0) is 30.5 Å². The number of hydrogen-bond acceptors (Lipinski definition) is 5. The Balaban J connectivity index is 1.58. The second kappa shape index (κ2) is 9.47. The van der Waals surface area contributed by atoms with Crippen LogP contribution in [0.25, 0.3) is 11.4 Å². The Bertz CT molecular complexity index is 1000. The molecule has 0 radical (unpaired) electrons. The Morgan fingerprint density at radius 2 is 1.90 bits per heavy atom. The van der Waals surface area contributed by atoms with Gasteiger partial charge in [-0.1, -0.05) is 49.3 Å². The van der Waals surface area contributed by atoms with Crippen LogP contribution in [0, 0.1) is 6.92 Å². The predicted molar refractivity (Wildman–Crippen MR) is 109 cm³/mol. The Hall–Kier alpha value is -3.29. The second-order valence-corrected chi connectivity index (χ2v) is 7.14. The number of aromatic nitrogens is 2. The van der Waals surface area contributed by atoms with Crippen LogP contribution in [0.4, 0.5) is 14.5 Å². The normalized spacial score (nSPS) is 11.2. The van der Waals surface area contributed by atoms with E-state index in [1.54, 1.807) is 13.0 Å². The van der Waals surface area contributed by atoms with E-state index in [1.807, 2.05) is 24.3 Å². The SMILES string of the molecule is Cc1c(NC(=O)CCc2nc(-c3ccc(C(C)C)cc3)no2)cccc1OC(F)F. The van der Waals surface area contributed by atoms with Gasteiger partial charge >= 0.3 is 6.61 Å². The Morgan fingerprint density at radius 1 is 1.17 bits per heavy atom. The molecule has 0 aliphatic rings. The molecule has 2 aromatic carbocycles. The van der Waals surface area contributed by atoms with Crippen molar-refractivity contribution in [3.05, 3.63) is 59.5 Å². The molecule has 0 aliphatic heterocycles. The highest BCUT2D eigenvalue weighted by Crippen LogP contribution is 2.27. The maximum absolute atomic E-state index is 12.4. The van der Waals surface area contributed by atoms with Gasteiger partial charge in [0.1, 0.15) is 5.75 Å². The summed E-state index contributed by atoms with van der Waals surface area (Å²) in [6.07, 6.45) is 0.364. The first kappa shape index (κ1) is 21.4. The van der Waals surface area contributed by atoms with Gasteiger partial charge in [0, 0.05) is 29.7 Å². The number of aryl methyl sites for hydroxylation is 1. The first-order valence-corrected chi connectivity index (χ1v) is 9.60. The molecule has 3 aromatic rings. The zero-order valence-electron chi connectivity index (χ0n) is 17.0. The molecule has 0 fully saturated rings. The molecule has 1 heterocycles. The van der Waals surface area contributed by atoms with Crippen molar-refractivity contribution in [2.75, 3.05) is 5.32 Å². The van der Waals surface area contributed by atoms with Crippen molar-refractivity contribution in [1.29, 1.82) is 0 Å². The van der Waals surface area contributed by atoms with Crippen molar-refractivity contribution < 1.29 is 22.8 Å². The summed E-state index contributed by atoms with van der Waals surface area (Å²) in [6, 6.07) is 12.5. The molecule has 6 nitrogen and oxygen atoms in total. The standard InChI is InChI=1S/C22H23F2N3O3/c1-13(2)15-7-9-16(10-8-15)21-26-20(30-27-21)12-11-19(28)25-17-5-4-6-18(14(17)3)29-22(23)24/h4-10,13,22H,11-12H2,1-3H3,(H,25,28). The van der Waals surface area contributed by atoms with E-state index in [4.69, 9.17) is 4.52 Å². The molecule has 0 saturated heterocycles. The summed E-state index contributed by atoms with van der Waals surface area (Å²) in [4.78, 5) is 16.6. The van der Waals surface area contributed by atoms with Crippen molar-refractivity contribution >= 4 is 11.6 Å². The highest BCUT2D eigenvalue weighted by molar-refractivity contribution is 5.91. The van der Waals surface area contributed by atoms with Crippen molar-refractivity contribution in [3.8, 4) is 17.1 Å². The summed E-state index contributed by atoms with van der Waals surface area (Å²) in [6.45, 7) is 2.91. The molecule has 30 heavy (non-hydrogen) atoms. The molecule has 0 unspecified atom stereocenters. The van der Waals surface area contributed by atoms with Crippen molar-refractivity contribution in [2.45, 2.75) is 46.1 Å². The van der Waals surface area contributed by atoms with Crippen LogP contribution in [-0.4, -0.2) is 22.7 Å². The molecular weight excluding hydrogens is 392 g/mol. The summed E-state index contributed by atoms with van der Waals surface area (Å²) in [5.41, 5.74) is 2.90. The van der Waals surface area contributed by atoms with Crippen LogP contribution >= 0.6 is 0 Å². The van der Waals surface area contributed by atoms with Gasteiger partial charge in [-0.2, -0.15) is 13.8 Å². The number of anilines is 1. The van der Waals surface area contributed by atoms with Gasteiger partial charge in [-0.3, -0.25) is 4.79 Å². The monoisotopic (exact) mass is 415 g/mol. The minimum atomic E-state index is -2.93. The van der Waals surface area contributed by atoms with Crippen LogP contribution in [0.3, 0.4) is 0 Å². The number of carbonyl (C=O) groups is 1. The lowest BCUT2D eigenvalue weighted by Crippen LogP contribution is -2.14. The van der Waals surface area contributed by atoms with Gasteiger partial charge in [-0.25, -0.2) is 0 Å². The predicted octanol–water partition coefficient (Wildman–Crippen LogP) is 5.34. The summed E-state index contributed by atoms with van der Waals surface area (Å²) < 4.78 is 34.6. The number of amides is 1. The zero-order valence-corrected chi connectivity index (χ0v) is 17.0. The van der Waals surface area contributed by atoms with Crippen LogP contribution in [0.5, 0.6) is 5.75 Å². The zero-order chi connectivity index (χ0) is 21.7. The van der Waals surface area contributed by atoms with Crippen molar-refractivity contribution in [2.24, 2.45) is 0 Å². The van der Waals surface area contributed by atoms with Gasteiger partial charge < -0.3 is 14.6 Å². The average molecular weight is 415 g/mol. The summed E-state index contributed by atoms with van der Waals surface area (Å²) in [7, 11) is 0. The Kier molecular flexibility index (Phi) is 6.76. The average Bonchev–Trinajstić information content (AvgIpc) is 3.18. The van der Waals surface area contributed by atoms with Gasteiger partial charge in [-0.15, -0.1) is 0 Å². The number of nitrogens with one attached hydrogen (secondary N) is 1. The molecule has 0 saturated carbocycles.